The summed E-state index contributed by atoms with van der Waals surface area (Å²) < 4.78 is 20.4. The SMILES string of the molecule is CC(C)(C)OC(=O)NCCCN(C[C@H]1C[C@@H](n2ccc3c(Cl)ncnc32)[C@@H]2OC(C)(C)O[C@H]12)c1cncs1. The van der Waals surface area contributed by atoms with Crippen molar-refractivity contribution in [2.45, 2.75) is 77.1 Å². The van der Waals surface area contributed by atoms with E-state index in [1.165, 1.54) is 6.33 Å². The van der Waals surface area contributed by atoms with Gasteiger partial charge in [-0.05, 0) is 53.5 Å². The fourth-order valence-corrected chi connectivity index (χ4v) is 6.29. The Morgan fingerprint density at radius 2 is 2.11 bits per heavy atom. The number of carbonyl (C=O) groups is 1. The minimum Gasteiger partial charge on any atom is -0.444 e. The van der Waals surface area contributed by atoms with E-state index in [9.17, 15) is 4.79 Å². The number of aromatic nitrogens is 4. The molecule has 0 unspecified atom stereocenters. The van der Waals surface area contributed by atoms with Gasteiger partial charge in [-0.15, -0.1) is 11.3 Å². The summed E-state index contributed by atoms with van der Waals surface area (Å²) in [5.74, 6) is -0.462. The van der Waals surface area contributed by atoms with Crippen LogP contribution in [0.4, 0.5) is 9.80 Å². The average Bonchev–Trinajstić information content (AvgIpc) is 3.59. The van der Waals surface area contributed by atoms with Crippen molar-refractivity contribution in [3.8, 4) is 0 Å². The Balaban J connectivity index is 1.31. The Bertz CT molecular complexity index is 1260. The van der Waals surface area contributed by atoms with E-state index in [0.29, 0.717) is 11.7 Å². The van der Waals surface area contributed by atoms with Gasteiger partial charge in [0, 0.05) is 31.7 Å². The topological polar surface area (TPSA) is 104 Å². The molecule has 0 aromatic carbocycles. The minimum atomic E-state index is -0.672. The largest absolute Gasteiger partial charge is 0.444 e. The van der Waals surface area contributed by atoms with Crippen molar-refractivity contribution in [2.75, 3.05) is 24.5 Å². The van der Waals surface area contributed by atoms with Crippen molar-refractivity contribution in [1.29, 1.82) is 0 Å². The fraction of sp³-hybridized carbons (Fsp3) is 0.615. The summed E-state index contributed by atoms with van der Waals surface area (Å²) in [6.07, 6.45) is 6.46. The standard InChI is InChI=1S/C26H35ClN6O4S/c1-25(2,3)37-24(34)29-8-6-9-32(19-12-28-15-38-19)13-16-11-18(21-20(16)35-26(4,5)36-21)33-10-7-17-22(27)30-14-31-23(17)33/h7,10,12,14-16,18,20-21H,6,8-9,11,13H2,1-5H3,(H,29,34)/t16-,18-,20-,21+/m1/s1. The van der Waals surface area contributed by atoms with E-state index in [4.69, 9.17) is 25.8 Å². The van der Waals surface area contributed by atoms with Crippen molar-refractivity contribution in [1.82, 2.24) is 24.8 Å². The number of hydrogen-bond donors (Lipinski definition) is 1. The van der Waals surface area contributed by atoms with Gasteiger partial charge in [0.2, 0.25) is 0 Å². The maximum absolute atomic E-state index is 12.1. The highest BCUT2D eigenvalue weighted by molar-refractivity contribution is 7.13. The number of ether oxygens (including phenoxy) is 3. The predicted molar refractivity (Wildman–Crippen MR) is 147 cm³/mol. The normalized spacial score (nSPS) is 24.5. The molecule has 1 N–H and O–H groups in total. The van der Waals surface area contributed by atoms with Crippen LogP contribution in [0.1, 0.15) is 53.5 Å². The number of thiazole rings is 1. The molecule has 3 aromatic heterocycles. The number of nitrogens with zero attached hydrogens (tertiary/aromatic N) is 5. The van der Waals surface area contributed by atoms with Crippen LogP contribution in [0.25, 0.3) is 11.0 Å². The average molecular weight is 563 g/mol. The van der Waals surface area contributed by atoms with Crippen LogP contribution < -0.4 is 10.2 Å². The molecular formula is C26H35ClN6O4S. The van der Waals surface area contributed by atoms with Gasteiger partial charge in [0.1, 0.15) is 33.8 Å². The summed E-state index contributed by atoms with van der Waals surface area (Å²) in [6, 6.07) is 2.01. The highest BCUT2D eigenvalue weighted by Gasteiger charge is 2.55. The number of halogens is 1. The molecule has 2 aliphatic rings. The number of hydrogen-bond acceptors (Lipinski definition) is 9. The number of nitrogens with one attached hydrogen (secondary N) is 1. The van der Waals surface area contributed by atoms with Crippen molar-refractivity contribution in [2.24, 2.45) is 5.92 Å². The van der Waals surface area contributed by atoms with Gasteiger partial charge in [-0.1, -0.05) is 11.6 Å². The number of amides is 1. The first kappa shape index (κ1) is 27.1. The van der Waals surface area contributed by atoms with Gasteiger partial charge in [0.25, 0.3) is 0 Å². The molecule has 4 heterocycles. The summed E-state index contributed by atoms with van der Waals surface area (Å²) in [5, 5.41) is 5.22. The van der Waals surface area contributed by atoms with E-state index in [2.05, 4.69) is 29.7 Å². The van der Waals surface area contributed by atoms with E-state index in [1.54, 1.807) is 11.3 Å². The monoisotopic (exact) mass is 562 g/mol. The molecule has 206 valence electrons. The third-order valence-electron chi connectivity index (χ3n) is 6.83. The molecule has 2 fully saturated rings. The van der Waals surface area contributed by atoms with Gasteiger partial charge in [-0.3, -0.25) is 4.98 Å². The predicted octanol–water partition coefficient (Wildman–Crippen LogP) is 5.04. The second kappa shape index (κ2) is 10.6. The van der Waals surface area contributed by atoms with Gasteiger partial charge in [0.05, 0.1) is 29.2 Å². The smallest absolute Gasteiger partial charge is 0.407 e. The lowest BCUT2D eigenvalue weighted by molar-refractivity contribution is -0.159. The zero-order valence-electron chi connectivity index (χ0n) is 22.4. The summed E-state index contributed by atoms with van der Waals surface area (Å²) in [4.78, 5) is 27.3. The highest BCUT2D eigenvalue weighted by atomic mass is 35.5. The summed E-state index contributed by atoms with van der Waals surface area (Å²) in [7, 11) is 0. The Hall–Kier alpha value is -2.47. The third kappa shape index (κ3) is 5.90. The van der Waals surface area contributed by atoms with Crippen LogP contribution in [-0.2, 0) is 14.2 Å². The van der Waals surface area contributed by atoms with Crippen LogP contribution in [0.5, 0.6) is 0 Å². The molecule has 38 heavy (non-hydrogen) atoms. The number of carbonyl (C=O) groups excluding carboxylic acids is 1. The Morgan fingerprint density at radius 1 is 1.32 bits per heavy atom. The fourth-order valence-electron chi connectivity index (χ4n) is 5.43. The molecular weight excluding hydrogens is 528 g/mol. The number of anilines is 1. The van der Waals surface area contributed by atoms with Gasteiger partial charge < -0.3 is 29.0 Å². The van der Waals surface area contributed by atoms with E-state index in [-0.39, 0.29) is 24.2 Å². The van der Waals surface area contributed by atoms with Gasteiger partial charge in [0.15, 0.2) is 5.79 Å². The molecule has 1 amide bonds. The lowest BCUT2D eigenvalue weighted by Crippen LogP contribution is -2.38. The third-order valence-corrected chi connectivity index (χ3v) is 7.96. The van der Waals surface area contributed by atoms with Crippen LogP contribution in [0.3, 0.4) is 0 Å². The zero-order valence-corrected chi connectivity index (χ0v) is 24.0. The van der Waals surface area contributed by atoms with E-state index < -0.39 is 17.5 Å². The maximum Gasteiger partial charge on any atom is 0.407 e. The molecule has 0 spiro atoms. The molecule has 1 saturated carbocycles. The molecule has 1 aliphatic carbocycles. The minimum absolute atomic E-state index is 0.0485. The molecule has 1 saturated heterocycles. The van der Waals surface area contributed by atoms with Crippen LogP contribution in [-0.4, -0.2) is 68.8 Å². The lowest BCUT2D eigenvalue weighted by atomic mass is 10.0. The molecule has 1 aliphatic heterocycles. The van der Waals surface area contributed by atoms with Crippen molar-refractivity contribution >= 4 is 45.1 Å². The molecule has 10 nitrogen and oxygen atoms in total. The first-order valence-corrected chi connectivity index (χ1v) is 14.2. The first-order valence-electron chi connectivity index (χ1n) is 12.9. The van der Waals surface area contributed by atoms with Crippen LogP contribution >= 0.6 is 22.9 Å². The molecule has 5 rings (SSSR count). The quantitative estimate of drug-likeness (QED) is 0.301. The van der Waals surface area contributed by atoms with Crippen LogP contribution in [0, 0.1) is 5.92 Å². The molecule has 12 heteroatoms. The number of fused-ring (bicyclic) bond motifs is 2. The number of rotatable bonds is 8. The second-order valence-electron chi connectivity index (χ2n) is 11.3. The zero-order chi connectivity index (χ0) is 27.1. The molecule has 0 radical (unpaired) electrons. The molecule has 4 atom stereocenters. The highest BCUT2D eigenvalue weighted by Crippen LogP contribution is 2.48. The lowest BCUT2D eigenvalue weighted by Gasteiger charge is -2.29. The Labute approximate surface area is 231 Å². The van der Waals surface area contributed by atoms with Gasteiger partial charge in [-0.2, -0.15) is 0 Å². The van der Waals surface area contributed by atoms with Gasteiger partial charge in [-0.25, -0.2) is 14.8 Å². The second-order valence-corrected chi connectivity index (χ2v) is 12.5. The maximum atomic E-state index is 12.1. The van der Waals surface area contributed by atoms with Crippen molar-refractivity contribution < 1.29 is 19.0 Å². The van der Waals surface area contributed by atoms with E-state index >= 15 is 0 Å². The Kier molecular flexibility index (Phi) is 7.56. The van der Waals surface area contributed by atoms with Crippen LogP contribution in [0.15, 0.2) is 30.3 Å². The van der Waals surface area contributed by atoms with E-state index in [0.717, 1.165) is 42.0 Å². The summed E-state index contributed by atoms with van der Waals surface area (Å²) in [5.41, 5.74) is 2.12. The van der Waals surface area contributed by atoms with Crippen LogP contribution in [0.2, 0.25) is 5.15 Å². The summed E-state index contributed by atoms with van der Waals surface area (Å²) >= 11 is 7.94. The molecule has 0 bridgehead atoms. The van der Waals surface area contributed by atoms with E-state index in [1.807, 2.05) is 58.6 Å². The first-order chi connectivity index (χ1) is 18.0. The summed E-state index contributed by atoms with van der Waals surface area (Å²) in [6.45, 7) is 11.6. The Morgan fingerprint density at radius 3 is 2.84 bits per heavy atom. The van der Waals surface area contributed by atoms with Crippen molar-refractivity contribution in [3.63, 3.8) is 0 Å². The number of alkyl carbamates (subject to hydrolysis) is 1. The molecule has 3 aromatic rings. The van der Waals surface area contributed by atoms with Gasteiger partial charge >= 0.3 is 6.09 Å². The van der Waals surface area contributed by atoms with Crippen molar-refractivity contribution in [3.05, 3.63) is 35.5 Å².